The number of halogens is 1. The Hall–Kier alpha value is -0.570. The molecule has 0 spiro atoms. The van der Waals surface area contributed by atoms with E-state index in [1.807, 2.05) is 4.57 Å². The van der Waals surface area contributed by atoms with Gasteiger partial charge in [0.2, 0.25) is 5.28 Å². The smallest absolute Gasteiger partial charge is 0.225 e. The van der Waals surface area contributed by atoms with Gasteiger partial charge >= 0.3 is 0 Å². The highest BCUT2D eigenvalue weighted by molar-refractivity contribution is 6.28. The molecule has 0 bridgehead atoms. The molecule has 1 aromatic heterocycles. The molecule has 0 unspecified atom stereocenters. The van der Waals surface area contributed by atoms with Crippen molar-refractivity contribution < 1.29 is 0 Å². The quantitative estimate of drug-likeness (QED) is 0.680. The fourth-order valence-corrected chi connectivity index (χ4v) is 1.47. The first kappa shape index (κ1) is 7.10. The van der Waals surface area contributed by atoms with Crippen LogP contribution in [0.1, 0.15) is 31.5 Å². The third kappa shape index (κ3) is 1.13. The molecule has 1 aromatic rings. The average Bonchev–Trinajstić information content (AvgIpc) is 2.76. The minimum atomic E-state index is 0.523. The zero-order chi connectivity index (χ0) is 7.84. The van der Waals surface area contributed by atoms with Gasteiger partial charge in [0, 0.05) is 12.5 Å². The summed E-state index contributed by atoms with van der Waals surface area (Å²) in [6, 6.07) is 0. The Bertz CT molecular complexity index is 265. The lowest BCUT2D eigenvalue weighted by atomic mass is 10.4. The number of hydrogen-bond acceptors (Lipinski definition) is 2. The monoisotopic (exact) mass is 171 g/mol. The zero-order valence-corrected chi connectivity index (χ0v) is 7.17. The predicted molar refractivity (Wildman–Crippen MR) is 42.7 cm³/mol. The van der Waals surface area contributed by atoms with Crippen LogP contribution in [-0.4, -0.2) is 14.8 Å². The van der Waals surface area contributed by atoms with E-state index in [0.717, 1.165) is 12.4 Å². The van der Waals surface area contributed by atoms with Crippen LogP contribution < -0.4 is 0 Å². The lowest BCUT2D eigenvalue weighted by Crippen LogP contribution is -1.99. The minimum absolute atomic E-state index is 0.523. The number of nitrogens with zero attached hydrogens (tertiary/aromatic N) is 3. The molecule has 0 aliphatic heterocycles. The first-order valence-corrected chi connectivity index (χ1v) is 4.29. The molecule has 0 amide bonds. The van der Waals surface area contributed by atoms with E-state index in [-0.39, 0.29) is 0 Å². The van der Waals surface area contributed by atoms with Gasteiger partial charge in [-0.25, -0.2) is 0 Å². The Balaban J connectivity index is 2.36. The van der Waals surface area contributed by atoms with Crippen molar-refractivity contribution in [3.05, 3.63) is 11.1 Å². The molecular weight excluding hydrogens is 162 g/mol. The molecule has 1 saturated carbocycles. The summed E-state index contributed by atoms with van der Waals surface area (Å²) >= 11 is 5.81. The van der Waals surface area contributed by atoms with Gasteiger partial charge in [-0.2, -0.15) is 0 Å². The van der Waals surface area contributed by atoms with Crippen LogP contribution in [0.25, 0.3) is 0 Å². The van der Waals surface area contributed by atoms with Crippen LogP contribution in [0.5, 0.6) is 0 Å². The van der Waals surface area contributed by atoms with E-state index in [1.165, 1.54) is 12.8 Å². The van der Waals surface area contributed by atoms with Gasteiger partial charge in [0.05, 0.1) is 0 Å². The molecule has 1 heterocycles. The van der Waals surface area contributed by atoms with Gasteiger partial charge < -0.3 is 4.57 Å². The van der Waals surface area contributed by atoms with Crippen molar-refractivity contribution in [2.24, 2.45) is 0 Å². The van der Waals surface area contributed by atoms with Gasteiger partial charge in [-0.15, -0.1) is 10.2 Å². The van der Waals surface area contributed by atoms with E-state index in [4.69, 9.17) is 11.6 Å². The summed E-state index contributed by atoms with van der Waals surface area (Å²) in [4.78, 5) is 0. The molecule has 0 N–H and O–H groups in total. The van der Waals surface area contributed by atoms with Crippen molar-refractivity contribution in [2.75, 3.05) is 0 Å². The first-order chi connectivity index (χ1) is 5.33. The van der Waals surface area contributed by atoms with Crippen molar-refractivity contribution >= 4 is 11.6 Å². The maximum atomic E-state index is 5.81. The Morgan fingerprint density at radius 2 is 2.27 bits per heavy atom. The molecular formula is C7H10ClN3. The van der Waals surface area contributed by atoms with Crippen molar-refractivity contribution in [1.29, 1.82) is 0 Å². The van der Waals surface area contributed by atoms with Crippen LogP contribution >= 0.6 is 11.6 Å². The standard InChI is InChI=1S/C7H10ClN3/c1-2-11-6(5-3-4-5)9-10-7(11)8/h5H,2-4H2,1H3. The first-order valence-electron chi connectivity index (χ1n) is 3.91. The van der Waals surface area contributed by atoms with Crippen LogP contribution in [0, 0.1) is 0 Å². The zero-order valence-electron chi connectivity index (χ0n) is 6.42. The SMILES string of the molecule is CCn1c(Cl)nnc1C1CC1. The van der Waals surface area contributed by atoms with E-state index in [0.29, 0.717) is 11.2 Å². The van der Waals surface area contributed by atoms with Gasteiger partial charge in [0.15, 0.2) is 0 Å². The maximum Gasteiger partial charge on any atom is 0.225 e. The van der Waals surface area contributed by atoms with Crippen LogP contribution in [0.15, 0.2) is 0 Å². The van der Waals surface area contributed by atoms with E-state index in [2.05, 4.69) is 17.1 Å². The highest BCUT2D eigenvalue weighted by Crippen LogP contribution is 2.39. The van der Waals surface area contributed by atoms with E-state index in [1.54, 1.807) is 0 Å². The maximum absolute atomic E-state index is 5.81. The van der Waals surface area contributed by atoms with E-state index in [9.17, 15) is 0 Å². The van der Waals surface area contributed by atoms with Gasteiger partial charge in [0.25, 0.3) is 0 Å². The van der Waals surface area contributed by atoms with Crippen molar-refractivity contribution in [2.45, 2.75) is 32.2 Å². The van der Waals surface area contributed by atoms with Crippen LogP contribution in [-0.2, 0) is 6.54 Å². The second kappa shape index (κ2) is 2.48. The van der Waals surface area contributed by atoms with Crippen molar-refractivity contribution in [1.82, 2.24) is 14.8 Å². The molecule has 11 heavy (non-hydrogen) atoms. The molecule has 0 radical (unpaired) electrons. The van der Waals surface area contributed by atoms with E-state index >= 15 is 0 Å². The molecule has 2 rings (SSSR count). The summed E-state index contributed by atoms with van der Waals surface area (Å²) in [7, 11) is 0. The second-order valence-corrected chi connectivity index (χ2v) is 3.18. The molecule has 1 aliphatic carbocycles. The summed E-state index contributed by atoms with van der Waals surface area (Å²) in [6.45, 7) is 2.93. The Morgan fingerprint density at radius 3 is 2.82 bits per heavy atom. The number of hydrogen-bond donors (Lipinski definition) is 0. The molecule has 0 saturated heterocycles. The molecule has 1 aliphatic rings. The third-order valence-electron chi connectivity index (χ3n) is 1.99. The molecule has 4 heteroatoms. The summed E-state index contributed by atoms with van der Waals surface area (Å²) < 4.78 is 1.97. The van der Waals surface area contributed by atoms with Crippen LogP contribution in [0.3, 0.4) is 0 Å². The molecule has 0 aromatic carbocycles. The topological polar surface area (TPSA) is 30.7 Å². The van der Waals surface area contributed by atoms with E-state index < -0.39 is 0 Å². The summed E-state index contributed by atoms with van der Waals surface area (Å²) in [5.41, 5.74) is 0. The van der Waals surface area contributed by atoms with Gasteiger partial charge in [-0.1, -0.05) is 0 Å². The number of rotatable bonds is 2. The Labute approximate surface area is 70.4 Å². The molecule has 60 valence electrons. The van der Waals surface area contributed by atoms with Crippen LogP contribution in [0.2, 0.25) is 5.28 Å². The Morgan fingerprint density at radius 1 is 1.55 bits per heavy atom. The Kier molecular flexibility index (Phi) is 1.60. The normalized spacial score (nSPS) is 17.3. The molecule has 0 atom stereocenters. The van der Waals surface area contributed by atoms with Gasteiger partial charge in [-0.3, -0.25) is 0 Å². The van der Waals surface area contributed by atoms with Crippen molar-refractivity contribution in [3.8, 4) is 0 Å². The second-order valence-electron chi connectivity index (χ2n) is 2.85. The largest absolute Gasteiger partial charge is 0.302 e. The van der Waals surface area contributed by atoms with Gasteiger partial charge in [0.1, 0.15) is 5.82 Å². The minimum Gasteiger partial charge on any atom is -0.302 e. The molecule has 1 fully saturated rings. The summed E-state index contributed by atoms with van der Waals surface area (Å²) in [6.07, 6.45) is 2.49. The third-order valence-corrected chi connectivity index (χ3v) is 2.27. The predicted octanol–water partition coefficient (Wildman–Crippen LogP) is 1.83. The lowest BCUT2D eigenvalue weighted by Gasteiger charge is -2.00. The lowest BCUT2D eigenvalue weighted by molar-refractivity contribution is 0.701. The average molecular weight is 172 g/mol. The highest BCUT2D eigenvalue weighted by atomic mass is 35.5. The fraction of sp³-hybridized carbons (Fsp3) is 0.714. The summed E-state index contributed by atoms with van der Waals surface area (Å²) in [5.74, 6) is 1.70. The number of aromatic nitrogens is 3. The fourth-order valence-electron chi connectivity index (χ4n) is 1.23. The summed E-state index contributed by atoms with van der Waals surface area (Å²) in [5, 5.41) is 8.38. The van der Waals surface area contributed by atoms with Crippen molar-refractivity contribution in [3.63, 3.8) is 0 Å². The van der Waals surface area contributed by atoms with Crippen LogP contribution in [0.4, 0.5) is 0 Å². The highest BCUT2D eigenvalue weighted by Gasteiger charge is 2.29. The van der Waals surface area contributed by atoms with Gasteiger partial charge in [-0.05, 0) is 31.4 Å². The molecule has 3 nitrogen and oxygen atoms in total.